The van der Waals surface area contributed by atoms with E-state index in [1.165, 1.54) is 31.5 Å². The molecular weight excluding hydrogens is 208 g/mol. The number of hydrogen-bond acceptors (Lipinski definition) is 2. The molecule has 0 saturated heterocycles. The van der Waals surface area contributed by atoms with Gasteiger partial charge in [0.1, 0.15) is 0 Å². The minimum Gasteiger partial charge on any atom is -0.370 e. The average Bonchev–Trinajstić information content (AvgIpc) is 2.60. The van der Waals surface area contributed by atoms with Gasteiger partial charge in [-0.3, -0.25) is 4.99 Å². The van der Waals surface area contributed by atoms with Crippen LogP contribution in [-0.4, -0.2) is 18.4 Å². The van der Waals surface area contributed by atoms with E-state index in [0.717, 1.165) is 24.3 Å². The summed E-state index contributed by atoms with van der Waals surface area (Å²) < 4.78 is 0. The molecule has 4 bridgehead atoms. The minimum absolute atomic E-state index is 0.582. The van der Waals surface area contributed by atoms with Gasteiger partial charge in [-0.25, -0.2) is 0 Å². The number of nitrogens with one attached hydrogen (secondary N) is 1. The second-order valence-corrected chi connectivity index (χ2v) is 7.43. The van der Waals surface area contributed by atoms with Gasteiger partial charge in [0.15, 0.2) is 0 Å². The zero-order valence-corrected chi connectivity index (χ0v) is 10.9. The molecule has 1 aliphatic heterocycles. The molecule has 94 valence electrons. The van der Waals surface area contributed by atoms with E-state index in [1.54, 1.807) is 19.3 Å². The third kappa shape index (κ3) is 1.71. The van der Waals surface area contributed by atoms with Crippen molar-refractivity contribution < 1.29 is 0 Å². The van der Waals surface area contributed by atoms with Gasteiger partial charge < -0.3 is 5.32 Å². The second-order valence-electron chi connectivity index (χ2n) is 7.43. The van der Waals surface area contributed by atoms with Gasteiger partial charge in [0.05, 0.1) is 12.4 Å². The Morgan fingerprint density at radius 3 is 2.18 bits per heavy atom. The first-order valence-corrected chi connectivity index (χ1v) is 7.51. The summed E-state index contributed by atoms with van der Waals surface area (Å²) in [5, 5.41) is 3.58. The van der Waals surface area contributed by atoms with Crippen LogP contribution in [0.15, 0.2) is 4.99 Å². The Hall–Kier alpha value is -0.530. The highest BCUT2D eigenvalue weighted by Gasteiger charge is 2.51. The fourth-order valence-electron chi connectivity index (χ4n) is 5.59. The SMILES string of the molecule is CC1CN=C(CC23CC4CC(CC(C4)C2)C3)N1. The maximum absolute atomic E-state index is 4.70. The molecule has 1 N–H and O–H groups in total. The molecule has 0 radical (unpaired) electrons. The van der Waals surface area contributed by atoms with Crippen molar-refractivity contribution in [2.24, 2.45) is 28.2 Å². The van der Waals surface area contributed by atoms with Crippen molar-refractivity contribution in [1.29, 1.82) is 0 Å². The Morgan fingerprint density at radius 1 is 1.12 bits per heavy atom. The first kappa shape index (κ1) is 10.4. The molecule has 0 aromatic heterocycles. The Morgan fingerprint density at radius 2 is 1.71 bits per heavy atom. The summed E-state index contributed by atoms with van der Waals surface area (Å²) in [5.74, 6) is 4.54. The Labute approximate surface area is 104 Å². The number of amidine groups is 1. The molecule has 1 unspecified atom stereocenters. The van der Waals surface area contributed by atoms with Gasteiger partial charge in [0.25, 0.3) is 0 Å². The minimum atomic E-state index is 0.582. The Balaban J connectivity index is 1.53. The largest absolute Gasteiger partial charge is 0.370 e. The molecule has 0 amide bonds. The van der Waals surface area contributed by atoms with Gasteiger partial charge in [-0.1, -0.05) is 0 Å². The van der Waals surface area contributed by atoms with E-state index < -0.39 is 0 Å². The lowest BCUT2D eigenvalue weighted by Gasteiger charge is -2.57. The van der Waals surface area contributed by atoms with E-state index >= 15 is 0 Å². The summed E-state index contributed by atoms with van der Waals surface area (Å²) in [7, 11) is 0. The summed E-state index contributed by atoms with van der Waals surface area (Å²) in [6.07, 6.45) is 10.4. The van der Waals surface area contributed by atoms with E-state index in [0.29, 0.717) is 11.5 Å². The molecule has 0 spiro atoms. The van der Waals surface area contributed by atoms with Crippen molar-refractivity contribution in [2.45, 2.75) is 57.9 Å². The first-order chi connectivity index (χ1) is 8.21. The monoisotopic (exact) mass is 232 g/mol. The van der Waals surface area contributed by atoms with Crippen LogP contribution < -0.4 is 5.32 Å². The van der Waals surface area contributed by atoms with Gasteiger partial charge >= 0.3 is 0 Å². The van der Waals surface area contributed by atoms with Crippen LogP contribution in [0, 0.1) is 23.2 Å². The molecule has 4 aliphatic carbocycles. The number of nitrogens with zero attached hydrogens (tertiary/aromatic N) is 1. The topological polar surface area (TPSA) is 24.4 Å². The van der Waals surface area contributed by atoms with Crippen LogP contribution in [0.25, 0.3) is 0 Å². The van der Waals surface area contributed by atoms with Crippen molar-refractivity contribution in [2.75, 3.05) is 6.54 Å². The van der Waals surface area contributed by atoms with Crippen molar-refractivity contribution in [3.05, 3.63) is 0 Å². The van der Waals surface area contributed by atoms with Gasteiger partial charge in [-0.05, 0) is 68.6 Å². The third-order valence-corrected chi connectivity index (χ3v) is 5.68. The summed E-state index contributed by atoms with van der Waals surface area (Å²) in [4.78, 5) is 4.70. The van der Waals surface area contributed by atoms with Gasteiger partial charge in [0, 0.05) is 12.5 Å². The lowest BCUT2D eigenvalue weighted by molar-refractivity contribution is -0.0484. The summed E-state index contributed by atoms with van der Waals surface area (Å²) in [6.45, 7) is 3.25. The first-order valence-electron chi connectivity index (χ1n) is 7.51. The van der Waals surface area contributed by atoms with Crippen molar-refractivity contribution >= 4 is 5.84 Å². The second kappa shape index (κ2) is 3.49. The summed E-state index contributed by atoms with van der Waals surface area (Å²) in [6, 6.07) is 0.582. The van der Waals surface area contributed by atoms with Crippen LogP contribution in [0.2, 0.25) is 0 Å². The van der Waals surface area contributed by atoms with E-state index in [1.807, 2.05) is 0 Å². The molecule has 4 fully saturated rings. The fraction of sp³-hybridized carbons (Fsp3) is 0.933. The molecule has 0 aromatic rings. The molecule has 4 saturated carbocycles. The standard InChI is InChI=1S/C15H24N2/c1-10-9-16-14(17-10)8-15-5-11-2-12(6-15)4-13(3-11)7-15/h10-13H,2-9H2,1H3,(H,16,17). The lowest BCUT2D eigenvalue weighted by atomic mass is 9.49. The van der Waals surface area contributed by atoms with Crippen LogP contribution >= 0.6 is 0 Å². The molecule has 1 heterocycles. The van der Waals surface area contributed by atoms with E-state index in [2.05, 4.69) is 12.2 Å². The van der Waals surface area contributed by atoms with Gasteiger partial charge in [-0.15, -0.1) is 0 Å². The van der Waals surface area contributed by atoms with Crippen LogP contribution in [0.3, 0.4) is 0 Å². The van der Waals surface area contributed by atoms with Crippen molar-refractivity contribution in [1.82, 2.24) is 5.32 Å². The number of hydrogen-bond donors (Lipinski definition) is 1. The van der Waals surface area contributed by atoms with E-state index in [9.17, 15) is 0 Å². The molecular formula is C15H24N2. The van der Waals surface area contributed by atoms with Crippen LogP contribution in [0.5, 0.6) is 0 Å². The maximum Gasteiger partial charge on any atom is 0.0972 e. The lowest BCUT2D eigenvalue weighted by Crippen LogP contribution is -2.47. The van der Waals surface area contributed by atoms with Gasteiger partial charge in [0.2, 0.25) is 0 Å². The summed E-state index contributed by atoms with van der Waals surface area (Å²) in [5.41, 5.74) is 0.657. The van der Waals surface area contributed by atoms with Crippen LogP contribution in [0.4, 0.5) is 0 Å². The highest BCUT2D eigenvalue weighted by atomic mass is 15.1. The average molecular weight is 232 g/mol. The van der Waals surface area contributed by atoms with Crippen molar-refractivity contribution in [3.63, 3.8) is 0 Å². The molecule has 5 aliphatic rings. The molecule has 17 heavy (non-hydrogen) atoms. The van der Waals surface area contributed by atoms with E-state index in [4.69, 9.17) is 4.99 Å². The predicted molar refractivity (Wildman–Crippen MR) is 70.1 cm³/mol. The number of rotatable bonds is 2. The highest BCUT2D eigenvalue weighted by Crippen LogP contribution is 2.61. The van der Waals surface area contributed by atoms with Crippen LogP contribution in [-0.2, 0) is 0 Å². The van der Waals surface area contributed by atoms with Crippen LogP contribution in [0.1, 0.15) is 51.9 Å². The molecule has 0 aromatic carbocycles. The zero-order valence-electron chi connectivity index (χ0n) is 10.9. The molecule has 5 rings (SSSR count). The Kier molecular flexibility index (Phi) is 2.13. The number of aliphatic imine (C=N–C) groups is 1. The van der Waals surface area contributed by atoms with E-state index in [-0.39, 0.29) is 0 Å². The summed E-state index contributed by atoms with van der Waals surface area (Å²) >= 11 is 0. The third-order valence-electron chi connectivity index (χ3n) is 5.68. The van der Waals surface area contributed by atoms with Gasteiger partial charge in [-0.2, -0.15) is 0 Å². The predicted octanol–water partition coefficient (Wildman–Crippen LogP) is 2.98. The normalized spacial score (nSPS) is 51.5. The zero-order chi connectivity index (χ0) is 11.5. The quantitative estimate of drug-likeness (QED) is 0.777. The Bertz CT molecular complexity index is 323. The fourth-order valence-corrected chi connectivity index (χ4v) is 5.59. The highest BCUT2D eigenvalue weighted by molar-refractivity contribution is 5.84. The van der Waals surface area contributed by atoms with Crippen molar-refractivity contribution in [3.8, 4) is 0 Å². The maximum atomic E-state index is 4.70. The molecule has 1 atom stereocenters. The smallest absolute Gasteiger partial charge is 0.0972 e. The molecule has 2 nitrogen and oxygen atoms in total. The molecule has 2 heteroatoms.